The van der Waals surface area contributed by atoms with Gasteiger partial charge in [0.05, 0.1) is 5.69 Å². The number of amides is 1. The zero-order valence-electron chi connectivity index (χ0n) is 13.7. The molecule has 0 unspecified atom stereocenters. The van der Waals surface area contributed by atoms with Gasteiger partial charge in [-0.25, -0.2) is 4.98 Å². The molecule has 5 nitrogen and oxygen atoms in total. The molecule has 0 N–H and O–H groups in total. The van der Waals surface area contributed by atoms with E-state index in [1.807, 2.05) is 19.0 Å². The van der Waals surface area contributed by atoms with Crippen molar-refractivity contribution in [2.24, 2.45) is 11.8 Å². The van der Waals surface area contributed by atoms with Crippen LogP contribution < -0.4 is 4.90 Å². The topological polar surface area (TPSA) is 49.3 Å². The molecule has 0 spiro atoms. The fourth-order valence-electron chi connectivity index (χ4n) is 3.31. The summed E-state index contributed by atoms with van der Waals surface area (Å²) in [5, 5.41) is 0. The van der Waals surface area contributed by atoms with Crippen LogP contribution in [0.2, 0.25) is 0 Å². The van der Waals surface area contributed by atoms with Crippen LogP contribution in [-0.4, -0.2) is 48.0 Å². The Morgan fingerprint density at radius 3 is 2.73 bits per heavy atom. The maximum absolute atomic E-state index is 12.3. The van der Waals surface area contributed by atoms with Gasteiger partial charge in [-0.1, -0.05) is 0 Å². The molecule has 1 saturated heterocycles. The van der Waals surface area contributed by atoms with E-state index in [0.717, 1.165) is 43.9 Å². The van der Waals surface area contributed by atoms with E-state index in [4.69, 9.17) is 0 Å². The number of nitrogens with zero attached hydrogens (tertiary/aromatic N) is 4. The molecule has 22 heavy (non-hydrogen) atoms. The molecule has 2 heterocycles. The summed E-state index contributed by atoms with van der Waals surface area (Å²) in [5.74, 6) is 2.49. The summed E-state index contributed by atoms with van der Waals surface area (Å²) < 4.78 is 0. The maximum Gasteiger partial charge on any atom is 0.222 e. The largest absolute Gasteiger partial charge is 0.361 e. The van der Waals surface area contributed by atoms with Crippen LogP contribution in [0.3, 0.4) is 0 Å². The molecule has 1 aromatic rings. The highest BCUT2D eigenvalue weighted by Gasteiger charge is 2.30. The van der Waals surface area contributed by atoms with Crippen LogP contribution in [0.15, 0.2) is 12.4 Å². The molecule has 1 saturated carbocycles. The summed E-state index contributed by atoms with van der Waals surface area (Å²) in [4.78, 5) is 25.4. The normalized spacial score (nSPS) is 21.7. The Bertz CT molecular complexity index is 527. The summed E-state index contributed by atoms with van der Waals surface area (Å²) >= 11 is 0. The van der Waals surface area contributed by atoms with Gasteiger partial charge < -0.3 is 9.80 Å². The zero-order chi connectivity index (χ0) is 15.5. The monoisotopic (exact) mass is 302 g/mol. The van der Waals surface area contributed by atoms with Crippen LogP contribution in [0.4, 0.5) is 5.82 Å². The molecule has 0 aromatic carbocycles. The minimum Gasteiger partial charge on any atom is -0.361 e. The summed E-state index contributed by atoms with van der Waals surface area (Å²) in [7, 11) is 4.00. The van der Waals surface area contributed by atoms with Gasteiger partial charge in [0.15, 0.2) is 0 Å². The molecule has 1 aliphatic heterocycles. The Morgan fingerprint density at radius 2 is 2.00 bits per heavy atom. The van der Waals surface area contributed by atoms with Crippen molar-refractivity contribution in [1.29, 1.82) is 0 Å². The van der Waals surface area contributed by atoms with Gasteiger partial charge in [-0.3, -0.25) is 9.78 Å². The first kappa shape index (κ1) is 15.3. The molecule has 1 aromatic heterocycles. The predicted molar refractivity (Wildman–Crippen MR) is 86.7 cm³/mol. The van der Waals surface area contributed by atoms with Crippen LogP contribution in [0.25, 0.3) is 0 Å². The number of carbonyl (C=O) groups excluding carboxylic acids is 1. The van der Waals surface area contributed by atoms with E-state index >= 15 is 0 Å². The second-order valence-corrected chi connectivity index (χ2v) is 6.92. The van der Waals surface area contributed by atoms with Gasteiger partial charge in [0.25, 0.3) is 0 Å². The molecule has 0 bridgehead atoms. The lowest BCUT2D eigenvalue weighted by Crippen LogP contribution is -2.40. The second-order valence-electron chi connectivity index (χ2n) is 6.92. The molecule has 3 rings (SSSR count). The molecule has 2 aliphatic rings. The number of hydrogen-bond acceptors (Lipinski definition) is 4. The molecule has 5 heteroatoms. The Balaban J connectivity index is 1.61. The average molecular weight is 302 g/mol. The third-order valence-corrected chi connectivity index (χ3v) is 4.69. The smallest absolute Gasteiger partial charge is 0.222 e. The molecule has 0 radical (unpaired) electrons. The van der Waals surface area contributed by atoms with Crippen LogP contribution in [0.5, 0.6) is 0 Å². The Labute approximate surface area is 132 Å². The molecule has 120 valence electrons. The highest BCUT2D eigenvalue weighted by atomic mass is 16.2. The summed E-state index contributed by atoms with van der Waals surface area (Å²) in [6.07, 6.45) is 9.96. The summed E-state index contributed by atoms with van der Waals surface area (Å²) in [6.45, 7) is 1.82. The fourth-order valence-corrected chi connectivity index (χ4v) is 3.31. The van der Waals surface area contributed by atoms with Gasteiger partial charge >= 0.3 is 0 Å². The Kier molecular flexibility index (Phi) is 4.60. The SMILES string of the molecule is CN(C)c1nccnc1C[C@@H]1CCCN(C(=O)CC2CC2)C1. The number of aromatic nitrogens is 2. The molecule has 1 aliphatic carbocycles. The minimum atomic E-state index is 0.360. The molecule has 2 fully saturated rings. The third kappa shape index (κ3) is 3.76. The van der Waals surface area contributed by atoms with Gasteiger partial charge in [0.1, 0.15) is 5.82 Å². The standard InChI is InChI=1S/C17H26N4O/c1-20(2)17-15(18-7-8-19-17)10-14-4-3-9-21(12-14)16(22)11-13-5-6-13/h7-8,13-14H,3-6,9-12H2,1-2H3/t14-/m0/s1. The van der Waals surface area contributed by atoms with Crippen LogP contribution in [0, 0.1) is 11.8 Å². The summed E-state index contributed by atoms with van der Waals surface area (Å²) in [5.41, 5.74) is 1.05. The van der Waals surface area contributed by atoms with Gasteiger partial charge in [0, 0.05) is 46.0 Å². The maximum atomic E-state index is 12.3. The van der Waals surface area contributed by atoms with Crippen molar-refractivity contribution in [3.63, 3.8) is 0 Å². The molecular formula is C17H26N4O. The van der Waals surface area contributed by atoms with Gasteiger partial charge in [-0.05, 0) is 43.9 Å². The zero-order valence-corrected chi connectivity index (χ0v) is 13.7. The number of hydrogen-bond donors (Lipinski definition) is 0. The predicted octanol–water partition coefficient (Wildman–Crippen LogP) is 2.12. The van der Waals surface area contributed by atoms with E-state index in [-0.39, 0.29) is 0 Å². The van der Waals surface area contributed by atoms with Crippen molar-refractivity contribution in [3.05, 3.63) is 18.1 Å². The minimum absolute atomic E-state index is 0.360. The molecule has 1 atom stereocenters. The lowest BCUT2D eigenvalue weighted by molar-refractivity contribution is -0.133. The lowest BCUT2D eigenvalue weighted by Gasteiger charge is -2.33. The number of anilines is 1. The van der Waals surface area contributed by atoms with Crippen LogP contribution in [0.1, 0.15) is 37.8 Å². The third-order valence-electron chi connectivity index (χ3n) is 4.69. The summed E-state index contributed by atoms with van der Waals surface area (Å²) in [6, 6.07) is 0. The highest BCUT2D eigenvalue weighted by molar-refractivity contribution is 5.76. The first-order chi connectivity index (χ1) is 10.6. The van der Waals surface area contributed by atoms with E-state index in [1.54, 1.807) is 12.4 Å². The van der Waals surface area contributed by atoms with E-state index < -0.39 is 0 Å². The first-order valence-electron chi connectivity index (χ1n) is 8.38. The quantitative estimate of drug-likeness (QED) is 0.836. The van der Waals surface area contributed by atoms with Crippen molar-refractivity contribution < 1.29 is 4.79 Å². The van der Waals surface area contributed by atoms with E-state index in [2.05, 4.69) is 14.9 Å². The number of piperidine rings is 1. The fraction of sp³-hybridized carbons (Fsp3) is 0.706. The molecule has 1 amide bonds. The number of rotatable bonds is 5. The number of likely N-dealkylation sites (tertiary alicyclic amines) is 1. The van der Waals surface area contributed by atoms with Crippen LogP contribution >= 0.6 is 0 Å². The van der Waals surface area contributed by atoms with E-state index in [9.17, 15) is 4.79 Å². The van der Waals surface area contributed by atoms with Crippen molar-refractivity contribution in [2.75, 3.05) is 32.1 Å². The second kappa shape index (κ2) is 6.63. The van der Waals surface area contributed by atoms with Gasteiger partial charge in [-0.2, -0.15) is 0 Å². The van der Waals surface area contributed by atoms with E-state index in [0.29, 0.717) is 17.7 Å². The van der Waals surface area contributed by atoms with Gasteiger partial charge in [0.2, 0.25) is 5.91 Å². The lowest BCUT2D eigenvalue weighted by atomic mass is 9.93. The van der Waals surface area contributed by atoms with Crippen molar-refractivity contribution in [1.82, 2.24) is 14.9 Å². The van der Waals surface area contributed by atoms with Crippen molar-refractivity contribution >= 4 is 11.7 Å². The van der Waals surface area contributed by atoms with Crippen LogP contribution in [-0.2, 0) is 11.2 Å². The average Bonchev–Trinajstić information content (AvgIpc) is 3.32. The highest BCUT2D eigenvalue weighted by Crippen LogP contribution is 2.33. The molecular weight excluding hydrogens is 276 g/mol. The van der Waals surface area contributed by atoms with E-state index in [1.165, 1.54) is 19.3 Å². The Hall–Kier alpha value is -1.65. The Morgan fingerprint density at radius 1 is 1.23 bits per heavy atom. The van der Waals surface area contributed by atoms with Crippen molar-refractivity contribution in [3.8, 4) is 0 Å². The van der Waals surface area contributed by atoms with Gasteiger partial charge in [-0.15, -0.1) is 0 Å². The first-order valence-corrected chi connectivity index (χ1v) is 8.38. The number of carbonyl (C=O) groups is 1. The van der Waals surface area contributed by atoms with Crippen molar-refractivity contribution in [2.45, 2.75) is 38.5 Å².